The van der Waals surface area contributed by atoms with Gasteiger partial charge in [0.15, 0.2) is 11.3 Å². The number of imidazole rings is 1. The largest absolute Gasteiger partial charge is 0.359 e. The van der Waals surface area contributed by atoms with Crippen molar-refractivity contribution in [2.24, 2.45) is 0 Å². The first kappa shape index (κ1) is 17.2. The second-order valence-electron chi connectivity index (χ2n) is 6.54. The second kappa shape index (κ2) is 6.62. The highest BCUT2D eigenvalue weighted by molar-refractivity contribution is 5.79. The van der Waals surface area contributed by atoms with E-state index in [1.54, 1.807) is 25.6 Å². The normalized spacial score (nSPS) is 11.4. The van der Waals surface area contributed by atoms with E-state index >= 15 is 0 Å². The van der Waals surface area contributed by atoms with Gasteiger partial charge in [-0.2, -0.15) is 4.98 Å². The van der Waals surface area contributed by atoms with Gasteiger partial charge in [-0.05, 0) is 29.8 Å². The van der Waals surface area contributed by atoms with Crippen molar-refractivity contribution in [2.75, 3.05) is 12.4 Å². The molecule has 0 amide bonds. The number of nitrogens with zero attached hydrogens (tertiary/aromatic N) is 6. The van der Waals surface area contributed by atoms with Crippen LogP contribution in [0.5, 0.6) is 0 Å². The Balaban J connectivity index is 1.66. The number of anilines is 1. The van der Waals surface area contributed by atoms with Gasteiger partial charge in [0.2, 0.25) is 5.95 Å². The van der Waals surface area contributed by atoms with Gasteiger partial charge < -0.3 is 9.88 Å². The van der Waals surface area contributed by atoms with Crippen molar-refractivity contribution in [1.29, 1.82) is 0 Å². The lowest BCUT2D eigenvalue weighted by molar-refractivity contribution is 0.578. The molecule has 0 aliphatic carbocycles. The fourth-order valence-electron chi connectivity index (χ4n) is 3.43. The quantitative estimate of drug-likeness (QED) is 0.507. The van der Waals surface area contributed by atoms with Gasteiger partial charge in [0.05, 0.1) is 23.9 Å². The Labute approximate surface area is 163 Å². The molecule has 0 aliphatic heterocycles. The second-order valence-corrected chi connectivity index (χ2v) is 6.54. The Morgan fingerprint density at radius 3 is 2.59 bits per heavy atom. The molecule has 0 unspecified atom stereocenters. The average Bonchev–Trinajstić information content (AvgIpc) is 3.28. The summed E-state index contributed by atoms with van der Waals surface area (Å²) in [5, 5.41) is 3.01. The average molecular weight is 391 g/mol. The maximum atomic E-state index is 13.6. The van der Waals surface area contributed by atoms with Crippen LogP contribution in [0.15, 0.2) is 55.1 Å². The molecule has 0 spiro atoms. The van der Waals surface area contributed by atoms with Crippen molar-refractivity contribution in [3.8, 4) is 5.69 Å². The van der Waals surface area contributed by atoms with E-state index in [-0.39, 0.29) is 6.54 Å². The smallest absolute Gasteiger partial charge is 0.205 e. The third kappa shape index (κ3) is 2.96. The molecule has 4 aromatic heterocycles. The molecule has 0 saturated heterocycles. The third-order valence-electron chi connectivity index (χ3n) is 4.67. The number of fused-ring (bicyclic) bond motifs is 2. The predicted molar refractivity (Wildman–Crippen MR) is 105 cm³/mol. The Morgan fingerprint density at radius 2 is 1.79 bits per heavy atom. The summed E-state index contributed by atoms with van der Waals surface area (Å²) in [6, 6.07) is 7.26. The monoisotopic (exact) mass is 391 g/mol. The molecular weight excluding hydrogens is 376 g/mol. The third-order valence-corrected chi connectivity index (χ3v) is 4.67. The number of hydrogen-bond acceptors (Lipinski definition) is 5. The molecule has 0 fully saturated rings. The molecule has 5 rings (SSSR count). The van der Waals surface area contributed by atoms with Crippen LogP contribution < -0.4 is 5.32 Å². The number of nitrogens with one attached hydrogen (secondary N) is 1. The molecule has 5 aromatic rings. The zero-order valence-electron chi connectivity index (χ0n) is 15.3. The van der Waals surface area contributed by atoms with Crippen molar-refractivity contribution in [3.05, 3.63) is 72.3 Å². The number of rotatable bonds is 4. The highest BCUT2D eigenvalue weighted by Gasteiger charge is 2.14. The van der Waals surface area contributed by atoms with Crippen LogP contribution >= 0.6 is 0 Å². The minimum absolute atomic E-state index is 0.235. The van der Waals surface area contributed by atoms with Crippen molar-refractivity contribution >= 4 is 28.3 Å². The maximum Gasteiger partial charge on any atom is 0.205 e. The van der Waals surface area contributed by atoms with E-state index in [1.165, 1.54) is 12.1 Å². The standard InChI is InChI=1S/C20H15F2N7/c1-23-20-27-18-17(29(20)11-12-6-13(21)8-14(22)7-12)9-15(10-26-18)28-5-2-16-19(28)25-4-3-24-16/h2-10H,11H2,1H3,(H,23,26,27). The number of aromatic nitrogens is 6. The summed E-state index contributed by atoms with van der Waals surface area (Å²) in [7, 11) is 1.74. The van der Waals surface area contributed by atoms with Crippen molar-refractivity contribution < 1.29 is 8.78 Å². The molecule has 0 saturated carbocycles. The first-order chi connectivity index (χ1) is 14.1. The summed E-state index contributed by atoms with van der Waals surface area (Å²) in [5.74, 6) is -0.690. The van der Waals surface area contributed by atoms with E-state index < -0.39 is 11.6 Å². The predicted octanol–water partition coefficient (Wildman–Crippen LogP) is 3.53. The highest BCUT2D eigenvalue weighted by atomic mass is 19.1. The van der Waals surface area contributed by atoms with Gasteiger partial charge in [-0.1, -0.05) is 0 Å². The van der Waals surface area contributed by atoms with Crippen LogP contribution in [0.4, 0.5) is 14.7 Å². The van der Waals surface area contributed by atoms with Crippen LogP contribution in [0.25, 0.3) is 28.0 Å². The molecule has 1 N–H and O–H groups in total. The van der Waals surface area contributed by atoms with Gasteiger partial charge in [0, 0.05) is 31.7 Å². The fraction of sp³-hybridized carbons (Fsp3) is 0.100. The van der Waals surface area contributed by atoms with Crippen LogP contribution in [0.2, 0.25) is 0 Å². The zero-order chi connectivity index (χ0) is 20.0. The van der Waals surface area contributed by atoms with Crippen LogP contribution in [0.1, 0.15) is 5.56 Å². The number of pyridine rings is 1. The minimum Gasteiger partial charge on any atom is -0.359 e. The van der Waals surface area contributed by atoms with Gasteiger partial charge in [-0.25, -0.2) is 18.7 Å². The molecule has 9 heteroatoms. The summed E-state index contributed by atoms with van der Waals surface area (Å²) in [4.78, 5) is 17.6. The molecular formula is C20H15F2N7. The van der Waals surface area contributed by atoms with Crippen LogP contribution in [-0.2, 0) is 6.54 Å². The summed E-state index contributed by atoms with van der Waals surface area (Å²) >= 11 is 0. The number of benzene rings is 1. The summed E-state index contributed by atoms with van der Waals surface area (Å²) in [6.07, 6.45) is 6.84. The molecule has 0 bridgehead atoms. The first-order valence-corrected chi connectivity index (χ1v) is 8.90. The van der Waals surface area contributed by atoms with Crippen molar-refractivity contribution in [3.63, 3.8) is 0 Å². The highest BCUT2D eigenvalue weighted by Crippen LogP contribution is 2.24. The van der Waals surface area contributed by atoms with Crippen LogP contribution in [-0.4, -0.2) is 36.1 Å². The van der Waals surface area contributed by atoms with Crippen LogP contribution in [0.3, 0.4) is 0 Å². The van der Waals surface area contributed by atoms with Crippen LogP contribution in [0, 0.1) is 11.6 Å². The number of halogens is 2. The van der Waals surface area contributed by atoms with E-state index in [1.807, 2.05) is 27.5 Å². The summed E-state index contributed by atoms with van der Waals surface area (Å²) in [5.41, 5.74) is 4.00. The summed E-state index contributed by atoms with van der Waals surface area (Å²) < 4.78 is 31.0. The lowest BCUT2D eigenvalue weighted by atomic mass is 10.2. The van der Waals surface area contributed by atoms with Gasteiger partial charge in [0.1, 0.15) is 17.2 Å². The lowest BCUT2D eigenvalue weighted by Gasteiger charge is -2.10. The minimum atomic E-state index is -0.619. The Bertz CT molecular complexity index is 1340. The Kier molecular flexibility index (Phi) is 3.94. The SMILES string of the molecule is CNc1nc2ncc(-n3ccc4nccnc43)cc2n1Cc1cc(F)cc(F)c1. The topological polar surface area (TPSA) is 73.5 Å². The van der Waals surface area contributed by atoms with E-state index in [0.717, 1.165) is 22.8 Å². The van der Waals surface area contributed by atoms with Gasteiger partial charge >= 0.3 is 0 Å². The maximum absolute atomic E-state index is 13.6. The Morgan fingerprint density at radius 1 is 1.00 bits per heavy atom. The van der Waals surface area contributed by atoms with Crippen molar-refractivity contribution in [2.45, 2.75) is 6.54 Å². The van der Waals surface area contributed by atoms with E-state index in [9.17, 15) is 8.78 Å². The summed E-state index contributed by atoms with van der Waals surface area (Å²) in [6.45, 7) is 0.235. The van der Waals surface area contributed by atoms with E-state index in [2.05, 4.69) is 25.3 Å². The lowest BCUT2D eigenvalue weighted by Crippen LogP contribution is -2.06. The molecule has 0 radical (unpaired) electrons. The molecule has 144 valence electrons. The molecule has 0 aliphatic rings. The zero-order valence-corrected chi connectivity index (χ0v) is 15.3. The van der Waals surface area contributed by atoms with Gasteiger partial charge in [0.25, 0.3) is 0 Å². The van der Waals surface area contributed by atoms with E-state index in [4.69, 9.17) is 0 Å². The van der Waals surface area contributed by atoms with E-state index in [0.29, 0.717) is 22.8 Å². The molecule has 1 aromatic carbocycles. The fourth-order valence-corrected chi connectivity index (χ4v) is 3.43. The van der Waals surface area contributed by atoms with Gasteiger partial charge in [-0.3, -0.25) is 9.55 Å². The molecule has 0 atom stereocenters. The number of hydrogen-bond donors (Lipinski definition) is 1. The molecule has 7 nitrogen and oxygen atoms in total. The molecule has 29 heavy (non-hydrogen) atoms. The molecule has 4 heterocycles. The first-order valence-electron chi connectivity index (χ1n) is 8.90. The Hall–Kier alpha value is -3.88. The van der Waals surface area contributed by atoms with Gasteiger partial charge in [-0.15, -0.1) is 0 Å². The van der Waals surface area contributed by atoms with Crippen molar-refractivity contribution in [1.82, 2.24) is 29.1 Å².